The first-order valence-corrected chi connectivity index (χ1v) is 5.29. The van der Waals surface area contributed by atoms with Gasteiger partial charge in [0.1, 0.15) is 5.69 Å². The van der Waals surface area contributed by atoms with E-state index in [4.69, 9.17) is 4.74 Å². The number of nitrogens with zero attached hydrogens (tertiary/aromatic N) is 1. The van der Waals surface area contributed by atoms with E-state index in [1.807, 2.05) is 36.4 Å². The molecule has 3 heteroatoms. The van der Waals surface area contributed by atoms with Crippen molar-refractivity contribution < 1.29 is 9.53 Å². The number of pyridine rings is 1. The Morgan fingerprint density at radius 3 is 2.71 bits per heavy atom. The maximum Gasteiger partial charge on any atom is 0.345 e. The monoisotopic (exact) mass is 223 g/mol. The van der Waals surface area contributed by atoms with Gasteiger partial charge >= 0.3 is 5.97 Å². The molecule has 0 spiro atoms. The average Bonchev–Trinajstić information content (AvgIpc) is 2.69. The second kappa shape index (κ2) is 3.87. The van der Waals surface area contributed by atoms with Crippen molar-refractivity contribution in [3.05, 3.63) is 65.5 Å². The molecule has 1 aromatic carbocycles. The molecular weight excluding hydrogens is 214 g/mol. The molecule has 1 aliphatic heterocycles. The largest absolute Gasteiger partial charge is 0.421 e. The van der Waals surface area contributed by atoms with E-state index in [0.29, 0.717) is 17.0 Å². The summed E-state index contributed by atoms with van der Waals surface area (Å²) < 4.78 is 5.20. The lowest BCUT2D eigenvalue weighted by Gasteiger charge is -1.97. The molecule has 0 radical (unpaired) electrons. The van der Waals surface area contributed by atoms with Crippen LogP contribution in [0.25, 0.3) is 11.8 Å². The van der Waals surface area contributed by atoms with Gasteiger partial charge < -0.3 is 4.74 Å². The molecule has 2 aromatic rings. The summed E-state index contributed by atoms with van der Waals surface area (Å²) in [5.74, 6) is 0.173. The second-order valence-electron chi connectivity index (χ2n) is 3.71. The second-order valence-corrected chi connectivity index (χ2v) is 3.71. The Bertz CT molecular complexity index is 603. The number of fused-ring (bicyclic) bond motifs is 1. The molecule has 0 saturated heterocycles. The Kier molecular flexibility index (Phi) is 2.22. The summed E-state index contributed by atoms with van der Waals surface area (Å²) in [4.78, 5) is 15.7. The fourth-order valence-corrected chi connectivity index (χ4v) is 1.77. The number of hydrogen-bond donors (Lipinski definition) is 0. The molecule has 0 fully saturated rings. The molecule has 0 saturated carbocycles. The molecule has 3 nitrogen and oxygen atoms in total. The Labute approximate surface area is 98.4 Å². The normalized spacial score (nSPS) is 15.8. The van der Waals surface area contributed by atoms with Gasteiger partial charge in [-0.1, -0.05) is 30.3 Å². The number of rotatable bonds is 1. The van der Waals surface area contributed by atoms with Crippen molar-refractivity contribution in [2.24, 2.45) is 0 Å². The average molecular weight is 223 g/mol. The highest BCUT2D eigenvalue weighted by atomic mass is 16.5. The van der Waals surface area contributed by atoms with E-state index in [9.17, 15) is 4.79 Å². The van der Waals surface area contributed by atoms with Crippen LogP contribution in [0.4, 0.5) is 0 Å². The Balaban J connectivity index is 2.08. The third kappa shape index (κ3) is 1.72. The highest BCUT2D eigenvalue weighted by molar-refractivity contribution is 6.04. The summed E-state index contributed by atoms with van der Waals surface area (Å²) in [6.07, 6.45) is 3.47. The molecule has 0 bridgehead atoms. The smallest absolute Gasteiger partial charge is 0.345 e. The Morgan fingerprint density at radius 1 is 1.06 bits per heavy atom. The van der Waals surface area contributed by atoms with Gasteiger partial charge in [-0.25, -0.2) is 4.79 Å². The number of carbonyl (C=O) groups is 1. The molecule has 0 atom stereocenters. The predicted octanol–water partition coefficient (Wildman–Crippen LogP) is 2.75. The third-order valence-electron chi connectivity index (χ3n) is 2.56. The first-order chi connectivity index (χ1) is 8.34. The molecule has 17 heavy (non-hydrogen) atoms. The summed E-state index contributed by atoms with van der Waals surface area (Å²) >= 11 is 0. The van der Waals surface area contributed by atoms with Crippen molar-refractivity contribution in [3.63, 3.8) is 0 Å². The number of carbonyl (C=O) groups excluding carboxylic acids is 1. The maximum absolute atomic E-state index is 11.6. The van der Waals surface area contributed by atoms with Crippen LogP contribution in [0.3, 0.4) is 0 Å². The first-order valence-electron chi connectivity index (χ1n) is 5.29. The zero-order valence-electron chi connectivity index (χ0n) is 8.96. The summed E-state index contributed by atoms with van der Waals surface area (Å²) in [6, 6.07) is 13.1. The number of hydrogen-bond acceptors (Lipinski definition) is 3. The van der Waals surface area contributed by atoms with Crippen LogP contribution in [0.1, 0.15) is 21.6 Å². The number of ether oxygens (including phenoxy) is 1. The molecule has 1 aromatic heterocycles. The first kappa shape index (κ1) is 9.78. The summed E-state index contributed by atoms with van der Waals surface area (Å²) in [7, 11) is 0. The van der Waals surface area contributed by atoms with Crippen molar-refractivity contribution >= 4 is 17.8 Å². The molecule has 0 N–H and O–H groups in total. The van der Waals surface area contributed by atoms with Crippen LogP contribution in [0.2, 0.25) is 0 Å². The Morgan fingerprint density at radius 2 is 1.88 bits per heavy atom. The number of benzene rings is 1. The van der Waals surface area contributed by atoms with Gasteiger partial charge in [0.05, 0.1) is 5.56 Å². The van der Waals surface area contributed by atoms with Crippen molar-refractivity contribution in [3.8, 4) is 0 Å². The van der Waals surface area contributed by atoms with Crippen LogP contribution < -0.4 is 0 Å². The van der Waals surface area contributed by atoms with Crippen molar-refractivity contribution in [1.29, 1.82) is 0 Å². The van der Waals surface area contributed by atoms with Gasteiger partial charge in [-0.3, -0.25) is 4.98 Å². The predicted molar refractivity (Wildman–Crippen MR) is 64.0 cm³/mol. The van der Waals surface area contributed by atoms with E-state index >= 15 is 0 Å². The van der Waals surface area contributed by atoms with Crippen LogP contribution in [-0.4, -0.2) is 11.0 Å². The molecular formula is C14H9NO2. The highest BCUT2D eigenvalue weighted by Gasteiger charge is 2.27. The standard InChI is InChI=1S/C14H9NO2/c16-14-11-7-4-8-15-13(11)12(17-14)9-10-5-2-1-3-6-10/h1-9H/b12-9+. The van der Waals surface area contributed by atoms with E-state index in [2.05, 4.69) is 4.98 Å². The Hall–Kier alpha value is -2.42. The lowest BCUT2D eigenvalue weighted by Crippen LogP contribution is -1.92. The minimum atomic E-state index is -0.338. The van der Waals surface area contributed by atoms with Crippen LogP contribution in [0.15, 0.2) is 48.7 Å². The van der Waals surface area contributed by atoms with Gasteiger partial charge in [0.15, 0.2) is 5.76 Å². The van der Waals surface area contributed by atoms with E-state index in [1.54, 1.807) is 18.3 Å². The van der Waals surface area contributed by atoms with E-state index in [1.165, 1.54) is 0 Å². The molecule has 0 amide bonds. The molecule has 3 rings (SSSR count). The molecule has 0 aliphatic carbocycles. The zero-order chi connectivity index (χ0) is 11.7. The fraction of sp³-hybridized carbons (Fsp3) is 0. The van der Waals surface area contributed by atoms with Crippen LogP contribution in [-0.2, 0) is 4.74 Å². The lowest BCUT2D eigenvalue weighted by atomic mass is 10.1. The summed E-state index contributed by atoms with van der Waals surface area (Å²) in [5.41, 5.74) is 2.12. The van der Waals surface area contributed by atoms with Gasteiger partial charge in [0.2, 0.25) is 0 Å². The number of esters is 1. The summed E-state index contributed by atoms with van der Waals surface area (Å²) in [5, 5.41) is 0. The van der Waals surface area contributed by atoms with Crippen LogP contribution >= 0.6 is 0 Å². The molecule has 2 heterocycles. The number of cyclic esters (lactones) is 1. The van der Waals surface area contributed by atoms with Gasteiger partial charge in [-0.15, -0.1) is 0 Å². The SMILES string of the molecule is O=C1O/C(=C/c2ccccc2)c2ncccc21. The minimum Gasteiger partial charge on any atom is -0.421 e. The quantitative estimate of drug-likeness (QED) is 0.698. The molecule has 0 unspecified atom stereocenters. The highest BCUT2D eigenvalue weighted by Crippen LogP contribution is 2.28. The number of aromatic nitrogens is 1. The van der Waals surface area contributed by atoms with Crippen molar-refractivity contribution in [1.82, 2.24) is 4.98 Å². The van der Waals surface area contributed by atoms with Gasteiger partial charge in [-0.2, -0.15) is 0 Å². The van der Waals surface area contributed by atoms with E-state index in [-0.39, 0.29) is 5.97 Å². The maximum atomic E-state index is 11.6. The lowest BCUT2D eigenvalue weighted by molar-refractivity contribution is 0.0717. The zero-order valence-corrected chi connectivity index (χ0v) is 8.96. The fourth-order valence-electron chi connectivity index (χ4n) is 1.77. The topological polar surface area (TPSA) is 39.2 Å². The van der Waals surface area contributed by atoms with E-state index < -0.39 is 0 Å². The molecule has 1 aliphatic rings. The minimum absolute atomic E-state index is 0.338. The van der Waals surface area contributed by atoms with E-state index in [0.717, 1.165) is 5.56 Å². The third-order valence-corrected chi connectivity index (χ3v) is 2.56. The van der Waals surface area contributed by atoms with Crippen LogP contribution in [0, 0.1) is 0 Å². The van der Waals surface area contributed by atoms with Gasteiger partial charge in [0.25, 0.3) is 0 Å². The summed E-state index contributed by atoms with van der Waals surface area (Å²) in [6.45, 7) is 0. The van der Waals surface area contributed by atoms with Crippen LogP contribution in [0.5, 0.6) is 0 Å². The van der Waals surface area contributed by atoms with Crippen molar-refractivity contribution in [2.45, 2.75) is 0 Å². The van der Waals surface area contributed by atoms with Crippen molar-refractivity contribution in [2.75, 3.05) is 0 Å². The van der Waals surface area contributed by atoms with Gasteiger partial charge in [-0.05, 0) is 23.8 Å². The van der Waals surface area contributed by atoms with Gasteiger partial charge in [0, 0.05) is 6.20 Å². The molecule has 82 valence electrons.